The molecular formula is C19H23ClN2O4S. The SMILES string of the molecule is CCCCOCCS(=O)(=O)Nc1ccc(Cl)cc1/C(=N/O)c1ccccc1. The van der Waals surface area contributed by atoms with Crippen molar-refractivity contribution in [3.8, 4) is 0 Å². The number of unbranched alkanes of at least 4 members (excludes halogenated alkanes) is 1. The van der Waals surface area contributed by atoms with E-state index < -0.39 is 10.0 Å². The highest BCUT2D eigenvalue weighted by Gasteiger charge is 2.18. The average Bonchev–Trinajstić information content (AvgIpc) is 2.65. The molecule has 0 heterocycles. The molecule has 0 radical (unpaired) electrons. The number of nitrogens with one attached hydrogen (secondary N) is 1. The summed E-state index contributed by atoms with van der Waals surface area (Å²) in [5.41, 5.74) is 1.51. The van der Waals surface area contributed by atoms with E-state index in [-0.39, 0.29) is 23.8 Å². The van der Waals surface area contributed by atoms with Gasteiger partial charge in [-0.2, -0.15) is 0 Å². The zero-order valence-corrected chi connectivity index (χ0v) is 16.6. The summed E-state index contributed by atoms with van der Waals surface area (Å²) in [5.74, 6) is -0.171. The molecule has 0 saturated carbocycles. The maximum Gasteiger partial charge on any atom is 0.235 e. The summed E-state index contributed by atoms with van der Waals surface area (Å²) < 4.78 is 32.6. The number of nitrogens with zero attached hydrogens (tertiary/aromatic N) is 1. The molecule has 0 unspecified atom stereocenters. The van der Waals surface area contributed by atoms with Gasteiger partial charge in [-0.05, 0) is 24.6 Å². The van der Waals surface area contributed by atoms with Crippen molar-refractivity contribution < 1.29 is 18.4 Å². The second-order valence-electron chi connectivity index (χ2n) is 5.89. The van der Waals surface area contributed by atoms with E-state index in [4.69, 9.17) is 16.3 Å². The molecule has 2 aromatic carbocycles. The van der Waals surface area contributed by atoms with Crippen LogP contribution in [0, 0.1) is 0 Å². The van der Waals surface area contributed by atoms with Gasteiger partial charge in [-0.1, -0.05) is 60.4 Å². The van der Waals surface area contributed by atoms with Crippen LogP contribution in [-0.4, -0.2) is 38.3 Å². The van der Waals surface area contributed by atoms with Crippen molar-refractivity contribution in [1.82, 2.24) is 0 Å². The number of halogens is 1. The second kappa shape index (κ2) is 10.3. The first kappa shape index (κ1) is 21.2. The van der Waals surface area contributed by atoms with E-state index in [1.54, 1.807) is 42.5 Å². The van der Waals surface area contributed by atoms with Gasteiger partial charge in [-0.15, -0.1) is 0 Å². The number of benzene rings is 2. The van der Waals surface area contributed by atoms with E-state index in [0.29, 0.717) is 22.8 Å². The topological polar surface area (TPSA) is 88.0 Å². The highest BCUT2D eigenvalue weighted by Crippen LogP contribution is 2.25. The van der Waals surface area contributed by atoms with Crippen LogP contribution in [0.5, 0.6) is 0 Å². The van der Waals surface area contributed by atoms with E-state index in [0.717, 1.165) is 12.8 Å². The van der Waals surface area contributed by atoms with E-state index in [1.807, 2.05) is 13.0 Å². The van der Waals surface area contributed by atoms with Crippen LogP contribution in [0.15, 0.2) is 53.7 Å². The number of hydrogen-bond acceptors (Lipinski definition) is 5. The molecule has 0 aliphatic carbocycles. The minimum absolute atomic E-state index is 0.109. The molecule has 0 amide bonds. The molecule has 2 N–H and O–H groups in total. The summed E-state index contributed by atoms with van der Waals surface area (Å²) >= 11 is 6.07. The van der Waals surface area contributed by atoms with Crippen molar-refractivity contribution in [3.63, 3.8) is 0 Å². The van der Waals surface area contributed by atoms with Crippen LogP contribution in [0.3, 0.4) is 0 Å². The summed E-state index contributed by atoms with van der Waals surface area (Å²) in [6.07, 6.45) is 1.88. The molecule has 2 aromatic rings. The Labute approximate surface area is 164 Å². The maximum absolute atomic E-state index is 12.4. The summed E-state index contributed by atoms with van der Waals surface area (Å²) in [7, 11) is -3.64. The lowest BCUT2D eigenvalue weighted by molar-refractivity contribution is 0.146. The third-order valence-electron chi connectivity index (χ3n) is 3.79. The molecule has 146 valence electrons. The van der Waals surface area contributed by atoms with E-state index in [9.17, 15) is 13.6 Å². The quantitative estimate of drug-likeness (QED) is 0.267. The van der Waals surface area contributed by atoms with Crippen LogP contribution in [0.4, 0.5) is 5.69 Å². The lowest BCUT2D eigenvalue weighted by Gasteiger charge is -2.14. The Hall–Kier alpha value is -2.09. The van der Waals surface area contributed by atoms with Crippen LogP contribution in [0.1, 0.15) is 30.9 Å². The zero-order chi connectivity index (χ0) is 19.7. The van der Waals surface area contributed by atoms with E-state index >= 15 is 0 Å². The Morgan fingerprint density at radius 3 is 2.59 bits per heavy atom. The molecule has 0 atom stereocenters. The number of ether oxygens (including phenoxy) is 1. The van der Waals surface area contributed by atoms with Gasteiger partial charge in [0.05, 0.1) is 18.0 Å². The highest BCUT2D eigenvalue weighted by molar-refractivity contribution is 7.92. The fourth-order valence-corrected chi connectivity index (χ4v) is 3.52. The Balaban J connectivity index is 2.23. The Bertz CT molecular complexity index is 871. The minimum atomic E-state index is -3.64. The predicted molar refractivity (Wildman–Crippen MR) is 108 cm³/mol. The van der Waals surface area contributed by atoms with Crippen molar-refractivity contribution in [2.45, 2.75) is 19.8 Å². The molecule has 27 heavy (non-hydrogen) atoms. The second-order valence-corrected chi connectivity index (χ2v) is 8.17. The molecule has 0 spiro atoms. The number of sulfonamides is 1. The number of anilines is 1. The van der Waals surface area contributed by atoms with Crippen molar-refractivity contribution in [2.24, 2.45) is 5.16 Å². The molecule has 0 bridgehead atoms. The fraction of sp³-hybridized carbons (Fsp3) is 0.316. The van der Waals surface area contributed by atoms with Gasteiger partial charge < -0.3 is 9.94 Å². The average molecular weight is 411 g/mol. The summed E-state index contributed by atoms with van der Waals surface area (Å²) in [6.45, 7) is 2.68. The maximum atomic E-state index is 12.4. The monoisotopic (exact) mass is 410 g/mol. The molecule has 0 aromatic heterocycles. The fourth-order valence-electron chi connectivity index (χ4n) is 2.40. The highest BCUT2D eigenvalue weighted by atomic mass is 35.5. The Morgan fingerprint density at radius 1 is 1.19 bits per heavy atom. The minimum Gasteiger partial charge on any atom is -0.410 e. The van der Waals surface area contributed by atoms with Crippen LogP contribution >= 0.6 is 11.6 Å². The van der Waals surface area contributed by atoms with Gasteiger partial charge in [-0.3, -0.25) is 4.72 Å². The van der Waals surface area contributed by atoms with Crippen LogP contribution < -0.4 is 4.72 Å². The summed E-state index contributed by atoms with van der Waals surface area (Å²) in [4.78, 5) is 0. The summed E-state index contributed by atoms with van der Waals surface area (Å²) in [5, 5.41) is 13.3. The summed E-state index contributed by atoms with van der Waals surface area (Å²) in [6, 6.07) is 13.6. The Kier molecular flexibility index (Phi) is 8.09. The smallest absolute Gasteiger partial charge is 0.235 e. The molecular weight excluding hydrogens is 388 g/mol. The molecule has 0 aliphatic heterocycles. The molecule has 0 aliphatic rings. The largest absolute Gasteiger partial charge is 0.410 e. The van der Waals surface area contributed by atoms with Crippen LogP contribution in [-0.2, 0) is 14.8 Å². The van der Waals surface area contributed by atoms with Crippen molar-refractivity contribution in [1.29, 1.82) is 0 Å². The molecule has 2 rings (SSSR count). The van der Waals surface area contributed by atoms with Gasteiger partial charge in [0.15, 0.2) is 0 Å². The van der Waals surface area contributed by atoms with E-state index in [1.165, 1.54) is 0 Å². The number of rotatable bonds is 10. The van der Waals surface area contributed by atoms with Crippen molar-refractivity contribution in [2.75, 3.05) is 23.7 Å². The van der Waals surface area contributed by atoms with Gasteiger partial charge in [0.1, 0.15) is 5.71 Å². The molecule has 8 heteroatoms. The van der Waals surface area contributed by atoms with Crippen LogP contribution in [0.2, 0.25) is 5.02 Å². The van der Waals surface area contributed by atoms with E-state index in [2.05, 4.69) is 9.88 Å². The number of hydrogen-bond donors (Lipinski definition) is 2. The third-order valence-corrected chi connectivity index (χ3v) is 5.26. The first-order valence-corrected chi connectivity index (χ1v) is 10.7. The van der Waals surface area contributed by atoms with Crippen molar-refractivity contribution in [3.05, 3.63) is 64.7 Å². The lowest BCUT2D eigenvalue weighted by atomic mass is 10.0. The molecule has 0 fully saturated rings. The van der Waals surface area contributed by atoms with Crippen LogP contribution in [0.25, 0.3) is 0 Å². The normalized spacial score (nSPS) is 12.1. The predicted octanol–water partition coefficient (Wildman–Crippen LogP) is 4.13. The van der Waals surface area contributed by atoms with Gasteiger partial charge >= 0.3 is 0 Å². The lowest BCUT2D eigenvalue weighted by Crippen LogP contribution is -2.22. The first-order chi connectivity index (χ1) is 13.0. The number of oxime groups is 1. The van der Waals surface area contributed by atoms with Gasteiger partial charge in [0.25, 0.3) is 0 Å². The van der Waals surface area contributed by atoms with Gasteiger partial charge in [0, 0.05) is 22.8 Å². The Morgan fingerprint density at radius 2 is 1.93 bits per heavy atom. The van der Waals surface area contributed by atoms with Gasteiger partial charge in [-0.25, -0.2) is 8.42 Å². The molecule has 0 saturated heterocycles. The van der Waals surface area contributed by atoms with Crippen molar-refractivity contribution >= 4 is 33.0 Å². The molecule has 6 nitrogen and oxygen atoms in total. The standard InChI is InChI=1S/C19H23ClN2O4S/c1-2-3-11-26-12-13-27(24,25)22-18-10-9-16(20)14-17(18)19(21-23)15-7-5-4-6-8-15/h4-10,14,22-23H,2-3,11-13H2,1H3/b21-19+. The first-order valence-electron chi connectivity index (χ1n) is 8.62. The third kappa shape index (κ3) is 6.53. The zero-order valence-electron chi connectivity index (χ0n) is 15.1. The van der Waals surface area contributed by atoms with Gasteiger partial charge in [0.2, 0.25) is 10.0 Å².